The summed E-state index contributed by atoms with van der Waals surface area (Å²) in [5.41, 5.74) is 16.7. The number of unbranched alkanes of at least 4 members (excludes halogenated alkanes) is 3. The minimum atomic E-state index is -1.50. The molecule has 1 aliphatic rings. The van der Waals surface area contributed by atoms with Crippen LogP contribution in [0, 0.1) is 0 Å². The van der Waals surface area contributed by atoms with Gasteiger partial charge in [-0.15, -0.1) is 0 Å². The molecule has 0 atom stereocenters. The first kappa shape index (κ1) is 19.5. The maximum Gasteiger partial charge on any atom is 0.303 e. The molecule has 9 heteroatoms. The lowest BCUT2D eigenvalue weighted by molar-refractivity contribution is 0.275. The summed E-state index contributed by atoms with van der Waals surface area (Å²) in [5.74, 6) is 0. The third kappa shape index (κ3) is 9.21. The Morgan fingerprint density at radius 1 is 0.476 bits per heavy atom. The van der Waals surface area contributed by atoms with Gasteiger partial charge in [-0.3, -0.25) is 0 Å². The van der Waals surface area contributed by atoms with Crippen molar-refractivity contribution in [3.05, 3.63) is 0 Å². The van der Waals surface area contributed by atoms with Gasteiger partial charge in [0.25, 0.3) is 0 Å². The minimum absolute atomic E-state index is 0.756. The van der Waals surface area contributed by atoms with Crippen LogP contribution in [-0.4, -0.2) is 47.5 Å². The second-order valence-corrected chi connectivity index (χ2v) is 13.1. The lowest BCUT2D eigenvalue weighted by Gasteiger charge is -2.34. The molecular formula is C12H33N3O3Si3. The van der Waals surface area contributed by atoms with Crippen LogP contribution in [-0.2, 0) is 12.3 Å². The summed E-state index contributed by atoms with van der Waals surface area (Å²) >= 11 is 0. The van der Waals surface area contributed by atoms with E-state index in [4.69, 9.17) is 29.5 Å². The van der Waals surface area contributed by atoms with Crippen molar-refractivity contribution in [2.45, 2.75) is 56.7 Å². The maximum absolute atomic E-state index is 6.18. The molecule has 0 amide bonds. The summed E-state index contributed by atoms with van der Waals surface area (Å²) in [6.45, 7) is 2.27. The van der Waals surface area contributed by atoms with Gasteiger partial charge in [-0.25, -0.2) is 0 Å². The number of rotatable bonds is 12. The fourth-order valence-electron chi connectivity index (χ4n) is 2.38. The fraction of sp³-hybridized carbons (Fsp3) is 1.00. The van der Waals surface area contributed by atoms with Gasteiger partial charge in [0.05, 0.1) is 0 Å². The smallest absolute Gasteiger partial charge is 0.303 e. The first-order valence-electron chi connectivity index (χ1n) is 8.36. The van der Waals surface area contributed by atoms with Crippen LogP contribution in [0.2, 0.25) is 18.1 Å². The molecule has 1 aliphatic heterocycles. The molecule has 0 aromatic carbocycles. The quantitative estimate of drug-likeness (QED) is 0.336. The molecule has 6 nitrogen and oxygen atoms in total. The van der Waals surface area contributed by atoms with Crippen LogP contribution in [0.1, 0.15) is 38.5 Å². The monoisotopic (exact) mass is 351 g/mol. The van der Waals surface area contributed by atoms with Crippen molar-refractivity contribution < 1.29 is 12.3 Å². The van der Waals surface area contributed by atoms with Gasteiger partial charge in [-0.2, -0.15) is 0 Å². The van der Waals surface area contributed by atoms with Crippen molar-refractivity contribution in [3.8, 4) is 0 Å². The van der Waals surface area contributed by atoms with Crippen molar-refractivity contribution in [3.63, 3.8) is 0 Å². The molecule has 0 saturated carbocycles. The van der Waals surface area contributed by atoms with Crippen LogP contribution >= 0.6 is 0 Å². The Morgan fingerprint density at radius 3 is 1.00 bits per heavy atom. The molecule has 0 aliphatic carbocycles. The Morgan fingerprint density at radius 2 is 0.762 bits per heavy atom. The van der Waals surface area contributed by atoms with Gasteiger partial charge in [-0.1, -0.05) is 19.3 Å². The Kier molecular flexibility index (Phi) is 12.0. The lowest BCUT2D eigenvalue weighted by Crippen LogP contribution is -2.48. The molecule has 126 valence electrons. The van der Waals surface area contributed by atoms with E-state index >= 15 is 0 Å². The van der Waals surface area contributed by atoms with Gasteiger partial charge in [-0.05, 0) is 57.0 Å². The van der Waals surface area contributed by atoms with E-state index in [2.05, 4.69) is 0 Å². The van der Waals surface area contributed by atoms with E-state index < -0.39 is 27.9 Å². The Hall–Kier alpha value is 0.411. The predicted molar refractivity (Wildman–Crippen MR) is 94.0 cm³/mol. The topological polar surface area (TPSA) is 106 Å². The van der Waals surface area contributed by atoms with Crippen LogP contribution in [0.15, 0.2) is 0 Å². The van der Waals surface area contributed by atoms with E-state index in [1.807, 2.05) is 0 Å². The van der Waals surface area contributed by atoms with Gasteiger partial charge in [0.2, 0.25) is 0 Å². The van der Waals surface area contributed by atoms with E-state index in [1.54, 1.807) is 0 Å². The largest absolute Gasteiger partial charge is 0.420 e. The highest BCUT2D eigenvalue weighted by Crippen LogP contribution is 2.20. The summed E-state index contributed by atoms with van der Waals surface area (Å²) in [5, 5.41) is 0. The zero-order valence-corrected chi connectivity index (χ0v) is 16.6. The van der Waals surface area contributed by atoms with Crippen LogP contribution in [0.3, 0.4) is 0 Å². The second kappa shape index (κ2) is 12.9. The third-order valence-corrected chi connectivity index (χ3v) is 13.5. The van der Waals surface area contributed by atoms with Crippen LogP contribution < -0.4 is 17.2 Å². The first-order valence-corrected chi connectivity index (χ1v) is 13.6. The molecule has 0 aromatic heterocycles. The van der Waals surface area contributed by atoms with Crippen molar-refractivity contribution >= 4 is 27.9 Å². The molecule has 1 saturated heterocycles. The van der Waals surface area contributed by atoms with E-state index in [9.17, 15) is 0 Å². The molecular weight excluding hydrogens is 318 g/mol. The van der Waals surface area contributed by atoms with Crippen molar-refractivity contribution in [2.24, 2.45) is 17.2 Å². The van der Waals surface area contributed by atoms with Gasteiger partial charge in [0.1, 0.15) is 0 Å². The van der Waals surface area contributed by atoms with Gasteiger partial charge in [0, 0.05) is 0 Å². The number of hydrogen-bond donors (Lipinski definition) is 3. The van der Waals surface area contributed by atoms with Crippen molar-refractivity contribution in [2.75, 3.05) is 19.6 Å². The highest BCUT2D eigenvalue weighted by atomic mass is 28.5. The van der Waals surface area contributed by atoms with Gasteiger partial charge < -0.3 is 29.5 Å². The van der Waals surface area contributed by atoms with Crippen LogP contribution in [0.5, 0.6) is 0 Å². The Labute approximate surface area is 134 Å². The lowest BCUT2D eigenvalue weighted by atomic mass is 10.3. The highest BCUT2D eigenvalue weighted by molar-refractivity contribution is 6.73. The minimum Gasteiger partial charge on any atom is -0.420 e. The molecule has 0 radical (unpaired) electrons. The molecule has 0 bridgehead atoms. The molecule has 0 unspecified atom stereocenters. The summed E-state index contributed by atoms with van der Waals surface area (Å²) < 4.78 is 18.5. The van der Waals surface area contributed by atoms with Gasteiger partial charge >= 0.3 is 27.9 Å². The molecule has 1 fully saturated rings. The zero-order chi connectivity index (χ0) is 15.3. The molecule has 1 rings (SSSR count). The van der Waals surface area contributed by atoms with Crippen LogP contribution in [0.25, 0.3) is 0 Å². The van der Waals surface area contributed by atoms with Crippen LogP contribution in [0.4, 0.5) is 0 Å². The molecule has 6 N–H and O–H groups in total. The first-order chi connectivity index (χ1) is 10.3. The Balaban J connectivity index is 2.35. The van der Waals surface area contributed by atoms with Crippen molar-refractivity contribution in [1.29, 1.82) is 0 Å². The average Bonchev–Trinajstić information content (AvgIpc) is 2.48. The summed E-state index contributed by atoms with van der Waals surface area (Å²) in [4.78, 5) is 0. The van der Waals surface area contributed by atoms with E-state index in [1.165, 1.54) is 0 Å². The van der Waals surface area contributed by atoms with E-state index in [-0.39, 0.29) is 0 Å². The molecule has 21 heavy (non-hydrogen) atoms. The van der Waals surface area contributed by atoms with Crippen molar-refractivity contribution in [1.82, 2.24) is 0 Å². The molecule has 0 spiro atoms. The third-order valence-electron chi connectivity index (χ3n) is 3.59. The average molecular weight is 352 g/mol. The summed E-state index contributed by atoms with van der Waals surface area (Å²) in [6.07, 6.45) is 6.57. The zero-order valence-electron chi connectivity index (χ0n) is 13.2. The number of nitrogens with two attached hydrogens (primary N) is 3. The molecule has 0 aromatic rings. The fourth-order valence-corrected chi connectivity index (χ4v) is 14.1. The maximum atomic E-state index is 6.18. The number of hydrogen-bond acceptors (Lipinski definition) is 6. The van der Waals surface area contributed by atoms with E-state index in [0.29, 0.717) is 0 Å². The van der Waals surface area contributed by atoms with Gasteiger partial charge in [0.15, 0.2) is 0 Å². The highest BCUT2D eigenvalue weighted by Gasteiger charge is 2.33. The predicted octanol–water partition coefficient (Wildman–Crippen LogP) is -0.0720. The standard InChI is InChI=1S/C12H33N3O3Si3/c13-7-1-4-10-19-16-20(11-5-2-8-14)18-21(17-19)12-6-3-9-15/h19-21H,1-15H2. The Bertz CT molecular complexity index is 211. The van der Waals surface area contributed by atoms with E-state index in [0.717, 1.165) is 76.3 Å². The molecule has 1 heterocycles. The second-order valence-electron chi connectivity index (χ2n) is 5.55. The summed E-state index contributed by atoms with van der Waals surface area (Å²) in [7, 11) is -4.49. The summed E-state index contributed by atoms with van der Waals surface area (Å²) in [6, 6.07) is 3.25. The SMILES string of the molecule is NCCCC[SiH]1O[SiH](CCCCN)O[SiH](CCCCN)O1. The normalized spacial score (nSPS) is 26.1.